The van der Waals surface area contributed by atoms with E-state index in [9.17, 15) is 4.79 Å². The molecule has 0 aliphatic heterocycles. The quantitative estimate of drug-likeness (QED) is 0.765. The minimum Gasteiger partial charge on any atom is -0.335 e. The number of carbonyl (C=O) groups is 1. The molecule has 0 heterocycles. The van der Waals surface area contributed by atoms with Gasteiger partial charge in [0, 0.05) is 25.7 Å². The second-order valence-corrected chi connectivity index (χ2v) is 4.57. The van der Waals surface area contributed by atoms with Crippen LogP contribution >= 0.6 is 0 Å². The Kier molecular flexibility index (Phi) is 5.60. The van der Waals surface area contributed by atoms with E-state index in [1.165, 1.54) is 12.8 Å². The van der Waals surface area contributed by atoms with Crippen molar-refractivity contribution in [1.29, 1.82) is 0 Å². The second kappa shape index (κ2) is 6.74. The molecule has 2 N–H and O–H groups in total. The number of carbonyl (C=O) groups excluding carboxylic acids is 1. The summed E-state index contributed by atoms with van der Waals surface area (Å²) in [4.78, 5) is 13.4. The summed E-state index contributed by atoms with van der Waals surface area (Å²) in [6.07, 6.45) is 4.55. The van der Waals surface area contributed by atoms with Gasteiger partial charge in [0.2, 0.25) is 0 Å². The first kappa shape index (κ1) is 13.3. The van der Waals surface area contributed by atoms with Crippen molar-refractivity contribution < 1.29 is 4.79 Å². The van der Waals surface area contributed by atoms with E-state index >= 15 is 0 Å². The lowest BCUT2D eigenvalue weighted by molar-refractivity contribution is 0.200. The maximum absolute atomic E-state index is 11.6. The summed E-state index contributed by atoms with van der Waals surface area (Å²) < 4.78 is 0. The van der Waals surface area contributed by atoms with E-state index in [1.54, 1.807) is 4.90 Å². The highest BCUT2D eigenvalue weighted by Crippen LogP contribution is 2.18. The zero-order valence-corrected chi connectivity index (χ0v) is 10.8. The summed E-state index contributed by atoms with van der Waals surface area (Å²) in [6.45, 7) is 5.94. The van der Waals surface area contributed by atoms with Crippen LogP contribution in [0.5, 0.6) is 0 Å². The average molecular weight is 227 g/mol. The van der Waals surface area contributed by atoms with Crippen LogP contribution in [0, 0.1) is 0 Å². The molecule has 1 aliphatic carbocycles. The van der Waals surface area contributed by atoms with Gasteiger partial charge in [-0.3, -0.25) is 0 Å². The van der Waals surface area contributed by atoms with Gasteiger partial charge in [0.05, 0.1) is 0 Å². The fraction of sp³-hybridized carbons (Fsp3) is 0.917. The van der Waals surface area contributed by atoms with E-state index in [2.05, 4.69) is 17.6 Å². The highest BCUT2D eigenvalue weighted by atomic mass is 16.2. The van der Waals surface area contributed by atoms with Gasteiger partial charge in [-0.2, -0.15) is 0 Å². The predicted molar refractivity (Wildman–Crippen MR) is 66.6 cm³/mol. The van der Waals surface area contributed by atoms with Crippen molar-refractivity contribution in [2.24, 2.45) is 0 Å². The number of urea groups is 1. The van der Waals surface area contributed by atoms with E-state index in [0.717, 1.165) is 25.9 Å². The summed E-state index contributed by atoms with van der Waals surface area (Å²) in [5, 5.41) is 6.56. The van der Waals surface area contributed by atoms with Gasteiger partial charge >= 0.3 is 6.03 Å². The Morgan fingerprint density at radius 1 is 1.19 bits per heavy atom. The molecule has 0 aromatic rings. The molecule has 0 unspecified atom stereocenters. The fourth-order valence-corrected chi connectivity index (χ4v) is 2.16. The number of hydrogen-bond donors (Lipinski definition) is 2. The first-order valence-corrected chi connectivity index (χ1v) is 6.42. The van der Waals surface area contributed by atoms with Gasteiger partial charge in [-0.05, 0) is 39.2 Å². The maximum Gasteiger partial charge on any atom is 0.317 e. The van der Waals surface area contributed by atoms with E-state index in [4.69, 9.17) is 0 Å². The molecule has 0 aromatic carbocycles. The van der Waals surface area contributed by atoms with E-state index in [1.807, 2.05) is 14.0 Å². The molecule has 0 atom stereocenters. The first-order chi connectivity index (χ1) is 7.67. The van der Waals surface area contributed by atoms with E-state index in [-0.39, 0.29) is 6.03 Å². The van der Waals surface area contributed by atoms with Gasteiger partial charge in [0.25, 0.3) is 0 Å². The monoisotopic (exact) mass is 227 g/mol. The maximum atomic E-state index is 11.6. The Morgan fingerprint density at radius 2 is 1.75 bits per heavy atom. The Hall–Kier alpha value is -0.770. The third-order valence-corrected chi connectivity index (χ3v) is 3.37. The molecule has 0 aromatic heterocycles. The van der Waals surface area contributed by atoms with Crippen molar-refractivity contribution in [2.45, 2.75) is 51.6 Å². The van der Waals surface area contributed by atoms with Gasteiger partial charge in [-0.15, -0.1) is 0 Å². The van der Waals surface area contributed by atoms with Crippen molar-refractivity contribution in [3.05, 3.63) is 0 Å². The Morgan fingerprint density at radius 3 is 2.25 bits per heavy atom. The summed E-state index contributed by atoms with van der Waals surface area (Å²) >= 11 is 0. The number of rotatable bonds is 4. The minimum absolute atomic E-state index is 0.0643. The molecule has 1 fully saturated rings. The van der Waals surface area contributed by atoms with Gasteiger partial charge in [-0.1, -0.05) is 6.92 Å². The standard InChI is InChI=1S/C12H25N3O/c1-4-13-10-6-8-11(9-7-10)14-12(16)15(3)5-2/h10-11,13H,4-9H2,1-3H3,(H,14,16). The molecule has 1 aliphatic rings. The Labute approximate surface area is 98.8 Å². The van der Waals surface area contributed by atoms with Crippen molar-refractivity contribution in [3.8, 4) is 0 Å². The van der Waals surface area contributed by atoms with Crippen molar-refractivity contribution in [3.63, 3.8) is 0 Å². The Balaban J connectivity index is 2.24. The van der Waals surface area contributed by atoms with Crippen LogP contribution in [-0.4, -0.2) is 43.2 Å². The Bertz CT molecular complexity index is 212. The van der Waals surface area contributed by atoms with Crippen molar-refractivity contribution in [2.75, 3.05) is 20.1 Å². The second-order valence-electron chi connectivity index (χ2n) is 4.57. The van der Waals surface area contributed by atoms with Crippen LogP contribution in [-0.2, 0) is 0 Å². The highest BCUT2D eigenvalue weighted by molar-refractivity contribution is 5.74. The van der Waals surface area contributed by atoms with E-state index in [0.29, 0.717) is 12.1 Å². The first-order valence-electron chi connectivity index (χ1n) is 6.42. The lowest BCUT2D eigenvalue weighted by Crippen LogP contribution is -2.46. The number of hydrogen-bond acceptors (Lipinski definition) is 2. The van der Waals surface area contributed by atoms with Crippen LogP contribution in [0.1, 0.15) is 39.5 Å². The zero-order valence-electron chi connectivity index (χ0n) is 10.8. The third kappa shape index (κ3) is 4.00. The zero-order chi connectivity index (χ0) is 12.0. The molecule has 16 heavy (non-hydrogen) atoms. The molecule has 0 radical (unpaired) electrons. The van der Waals surface area contributed by atoms with Gasteiger partial charge in [0.1, 0.15) is 0 Å². The normalized spacial score (nSPS) is 25.2. The van der Waals surface area contributed by atoms with Crippen LogP contribution in [0.25, 0.3) is 0 Å². The molecule has 0 spiro atoms. The summed E-state index contributed by atoms with van der Waals surface area (Å²) in [5.74, 6) is 0. The van der Waals surface area contributed by atoms with Gasteiger partial charge < -0.3 is 15.5 Å². The smallest absolute Gasteiger partial charge is 0.317 e. The van der Waals surface area contributed by atoms with Crippen LogP contribution in [0.3, 0.4) is 0 Å². The van der Waals surface area contributed by atoms with E-state index < -0.39 is 0 Å². The minimum atomic E-state index is 0.0643. The number of amides is 2. The molecule has 0 saturated heterocycles. The highest BCUT2D eigenvalue weighted by Gasteiger charge is 2.22. The van der Waals surface area contributed by atoms with Crippen LogP contribution in [0.4, 0.5) is 4.79 Å². The van der Waals surface area contributed by atoms with Gasteiger partial charge in [0.15, 0.2) is 0 Å². The summed E-state index contributed by atoms with van der Waals surface area (Å²) in [7, 11) is 1.83. The largest absolute Gasteiger partial charge is 0.335 e. The molecule has 1 saturated carbocycles. The fourth-order valence-electron chi connectivity index (χ4n) is 2.16. The number of nitrogens with one attached hydrogen (secondary N) is 2. The lowest BCUT2D eigenvalue weighted by atomic mass is 9.91. The van der Waals surface area contributed by atoms with Gasteiger partial charge in [-0.25, -0.2) is 4.79 Å². The molecule has 4 heteroatoms. The molecular weight excluding hydrogens is 202 g/mol. The third-order valence-electron chi connectivity index (χ3n) is 3.37. The molecular formula is C12H25N3O. The van der Waals surface area contributed by atoms with Crippen molar-refractivity contribution in [1.82, 2.24) is 15.5 Å². The molecule has 1 rings (SSSR count). The molecule has 0 bridgehead atoms. The lowest BCUT2D eigenvalue weighted by Gasteiger charge is -2.30. The van der Waals surface area contributed by atoms with Crippen LogP contribution in [0.15, 0.2) is 0 Å². The van der Waals surface area contributed by atoms with Crippen molar-refractivity contribution >= 4 is 6.03 Å². The topological polar surface area (TPSA) is 44.4 Å². The predicted octanol–water partition coefficient (Wildman–Crippen LogP) is 1.57. The summed E-state index contributed by atoms with van der Waals surface area (Å²) in [5.41, 5.74) is 0. The van der Waals surface area contributed by atoms with Crippen LogP contribution < -0.4 is 10.6 Å². The average Bonchev–Trinajstić information content (AvgIpc) is 2.31. The SMILES string of the molecule is CCNC1CCC(NC(=O)N(C)CC)CC1. The molecule has 2 amide bonds. The summed E-state index contributed by atoms with van der Waals surface area (Å²) in [6, 6.07) is 1.09. The number of nitrogens with zero attached hydrogens (tertiary/aromatic N) is 1. The van der Waals surface area contributed by atoms with Crippen LogP contribution in [0.2, 0.25) is 0 Å². The molecule has 94 valence electrons. The molecule has 4 nitrogen and oxygen atoms in total.